The third kappa shape index (κ3) is 4.05. The Morgan fingerprint density at radius 1 is 1.38 bits per heavy atom. The Balaban J connectivity index is 1.60. The van der Waals surface area contributed by atoms with E-state index in [1.807, 2.05) is 35.0 Å². The second-order valence-corrected chi connectivity index (χ2v) is 6.91. The summed E-state index contributed by atoms with van der Waals surface area (Å²) >= 11 is 1.59. The summed E-state index contributed by atoms with van der Waals surface area (Å²) in [5, 5.41) is 6.90. The summed E-state index contributed by atoms with van der Waals surface area (Å²) in [6.45, 7) is 0.754. The second kappa shape index (κ2) is 8.33. The molecule has 26 heavy (non-hydrogen) atoms. The molecule has 138 valence electrons. The summed E-state index contributed by atoms with van der Waals surface area (Å²) in [5.41, 5.74) is 1.79. The summed E-state index contributed by atoms with van der Waals surface area (Å²) in [6.07, 6.45) is 0.0240. The topological polar surface area (TPSA) is 67.9 Å². The molecule has 1 aliphatic rings. The number of ether oxygens (including phenoxy) is 2. The Morgan fingerprint density at radius 2 is 2.23 bits per heavy atom. The smallest absolute Gasteiger partial charge is 0.227 e. The van der Waals surface area contributed by atoms with Gasteiger partial charge in [0, 0.05) is 38.4 Å². The molecule has 1 aromatic heterocycles. The highest BCUT2D eigenvalue weighted by Crippen LogP contribution is 2.28. The third-order valence-corrected chi connectivity index (χ3v) is 5.22. The van der Waals surface area contributed by atoms with Crippen LogP contribution in [-0.2, 0) is 14.3 Å². The van der Waals surface area contributed by atoms with Gasteiger partial charge in [0.1, 0.15) is 11.9 Å². The van der Waals surface area contributed by atoms with E-state index in [-0.39, 0.29) is 30.3 Å². The average molecular weight is 374 g/mol. The first-order chi connectivity index (χ1) is 12.6. The number of carbonyl (C=O) groups excluding carboxylic acids is 2. The molecule has 0 spiro atoms. The number of hydrogen-bond acceptors (Lipinski definition) is 5. The molecule has 2 amide bonds. The van der Waals surface area contributed by atoms with Crippen molar-refractivity contribution in [3.05, 3.63) is 46.7 Å². The van der Waals surface area contributed by atoms with Gasteiger partial charge in [-0.1, -0.05) is 6.07 Å². The van der Waals surface area contributed by atoms with Crippen molar-refractivity contribution < 1.29 is 19.1 Å². The number of methoxy groups -OCH3 is 2. The van der Waals surface area contributed by atoms with Crippen molar-refractivity contribution >= 4 is 28.8 Å². The molecule has 2 heterocycles. The zero-order valence-electron chi connectivity index (χ0n) is 14.8. The highest BCUT2D eigenvalue weighted by molar-refractivity contribution is 7.07. The maximum atomic E-state index is 12.5. The largest absolute Gasteiger partial charge is 0.497 e. The molecule has 0 bridgehead atoms. The molecular weight excluding hydrogens is 352 g/mol. The van der Waals surface area contributed by atoms with Crippen LogP contribution in [0.15, 0.2) is 41.1 Å². The Bertz CT molecular complexity index is 763. The number of rotatable bonds is 7. The number of nitrogens with one attached hydrogen (secondary N) is 1. The van der Waals surface area contributed by atoms with E-state index in [4.69, 9.17) is 9.47 Å². The van der Waals surface area contributed by atoms with Crippen LogP contribution in [0.1, 0.15) is 18.1 Å². The van der Waals surface area contributed by atoms with Crippen molar-refractivity contribution in [3.63, 3.8) is 0 Å². The monoisotopic (exact) mass is 374 g/mol. The lowest BCUT2D eigenvalue weighted by Gasteiger charge is -2.18. The van der Waals surface area contributed by atoms with Gasteiger partial charge in [0.25, 0.3) is 0 Å². The molecule has 1 N–H and O–H groups in total. The van der Waals surface area contributed by atoms with Gasteiger partial charge in [0.15, 0.2) is 0 Å². The Kier molecular flexibility index (Phi) is 5.90. The van der Waals surface area contributed by atoms with Gasteiger partial charge in [-0.3, -0.25) is 9.59 Å². The normalized spacial score (nSPS) is 18.0. The van der Waals surface area contributed by atoms with Gasteiger partial charge < -0.3 is 19.7 Å². The van der Waals surface area contributed by atoms with E-state index in [2.05, 4.69) is 5.32 Å². The average Bonchev–Trinajstić information content (AvgIpc) is 3.32. The van der Waals surface area contributed by atoms with Crippen LogP contribution >= 0.6 is 11.3 Å². The quantitative estimate of drug-likeness (QED) is 0.809. The Morgan fingerprint density at radius 3 is 2.92 bits per heavy atom. The van der Waals surface area contributed by atoms with E-state index in [1.165, 1.54) is 0 Å². The van der Waals surface area contributed by atoms with E-state index >= 15 is 0 Å². The van der Waals surface area contributed by atoms with E-state index in [0.29, 0.717) is 18.8 Å². The zero-order valence-corrected chi connectivity index (χ0v) is 15.6. The molecule has 0 radical (unpaired) electrons. The fraction of sp³-hybridized carbons (Fsp3) is 0.368. The number of anilines is 1. The van der Waals surface area contributed by atoms with Gasteiger partial charge in [-0.2, -0.15) is 11.3 Å². The number of hydrogen-bond donors (Lipinski definition) is 1. The fourth-order valence-electron chi connectivity index (χ4n) is 3.04. The summed E-state index contributed by atoms with van der Waals surface area (Å²) in [7, 11) is 3.21. The molecule has 2 aromatic rings. The summed E-state index contributed by atoms with van der Waals surface area (Å²) in [6, 6.07) is 9.28. The van der Waals surface area contributed by atoms with E-state index in [9.17, 15) is 9.59 Å². The minimum Gasteiger partial charge on any atom is -0.497 e. The van der Waals surface area contributed by atoms with Gasteiger partial charge in [-0.15, -0.1) is 0 Å². The SMILES string of the molecule is COc1cccc(N2CC(C(=O)NCC(OC)c3ccsc3)CC2=O)c1. The molecule has 1 fully saturated rings. The van der Waals surface area contributed by atoms with Crippen LogP contribution in [0.5, 0.6) is 5.75 Å². The van der Waals surface area contributed by atoms with Crippen LogP contribution < -0.4 is 15.0 Å². The van der Waals surface area contributed by atoms with Gasteiger partial charge in [0.2, 0.25) is 11.8 Å². The van der Waals surface area contributed by atoms with Crippen LogP contribution in [-0.4, -0.2) is 39.1 Å². The van der Waals surface area contributed by atoms with Crippen molar-refractivity contribution in [1.29, 1.82) is 0 Å². The highest BCUT2D eigenvalue weighted by atomic mass is 32.1. The first kappa shape index (κ1) is 18.4. The first-order valence-electron chi connectivity index (χ1n) is 8.39. The van der Waals surface area contributed by atoms with Crippen LogP contribution in [0.2, 0.25) is 0 Å². The molecule has 1 aromatic carbocycles. The minimum atomic E-state index is -0.367. The van der Waals surface area contributed by atoms with Gasteiger partial charge in [-0.25, -0.2) is 0 Å². The molecule has 1 saturated heterocycles. The lowest BCUT2D eigenvalue weighted by Crippen LogP contribution is -2.35. The van der Waals surface area contributed by atoms with E-state index < -0.39 is 0 Å². The van der Waals surface area contributed by atoms with Crippen molar-refractivity contribution in [2.24, 2.45) is 5.92 Å². The van der Waals surface area contributed by atoms with E-state index in [1.54, 1.807) is 36.5 Å². The molecule has 2 unspecified atom stereocenters. The highest BCUT2D eigenvalue weighted by Gasteiger charge is 2.35. The predicted molar refractivity (Wildman–Crippen MR) is 101 cm³/mol. The molecule has 6 nitrogen and oxygen atoms in total. The second-order valence-electron chi connectivity index (χ2n) is 6.13. The number of benzene rings is 1. The fourth-order valence-corrected chi connectivity index (χ4v) is 3.75. The Hall–Kier alpha value is -2.38. The number of nitrogens with zero attached hydrogens (tertiary/aromatic N) is 1. The molecular formula is C19H22N2O4S. The predicted octanol–water partition coefficient (Wildman–Crippen LogP) is 2.61. The first-order valence-corrected chi connectivity index (χ1v) is 9.33. The van der Waals surface area contributed by atoms with Gasteiger partial charge >= 0.3 is 0 Å². The van der Waals surface area contributed by atoms with Crippen LogP contribution in [0.3, 0.4) is 0 Å². The molecule has 3 rings (SSSR count). The summed E-state index contributed by atoms with van der Waals surface area (Å²) in [4.78, 5) is 26.5. The van der Waals surface area contributed by atoms with Gasteiger partial charge in [0.05, 0.1) is 13.0 Å². The lowest BCUT2D eigenvalue weighted by atomic mass is 10.1. The number of amides is 2. The third-order valence-electron chi connectivity index (χ3n) is 4.52. The standard InChI is InChI=1S/C19H22N2O4S/c1-24-16-5-3-4-15(9-16)21-11-14(8-18(21)22)19(23)20-10-17(25-2)13-6-7-26-12-13/h3-7,9,12,14,17H,8,10-11H2,1-2H3,(H,20,23). The van der Waals surface area contributed by atoms with Crippen LogP contribution in [0.25, 0.3) is 0 Å². The molecule has 2 atom stereocenters. The van der Waals surface area contributed by atoms with Crippen molar-refractivity contribution in [1.82, 2.24) is 5.32 Å². The lowest BCUT2D eigenvalue weighted by molar-refractivity contribution is -0.126. The van der Waals surface area contributed by atoms with Gasteiger partial charge in [-0.05, 0) is 34.5 Å². The van der Waals surface area contributed by atoms with E-state index in [0.717, 1.165) is 11.3 Å². The summed E-state index contributed by atoms with van der Waals surface area (Å²) in [5.74, 6) is 0.135. The van der Waals surface area contributed by atoms with Crippen LogP contribution in [0.4, 0.5) is 5.69 Å². The Labute approximate surface area is 156 Å². The maximum absolute atomic E-state index is 12.5. The van der Waals surface area contributed by atoms with Crippen molar-refractivity contribution in [2.75, 3.05) is 32.2 Å². The van der Waals surface area contributed by atoms with Crippen molar-refractivity contribution in [2.45, 2.75) is 12.5 Å². The molecule has 0 aliphatic carbocycles. The number of thiophene rings is 1. The maximum Gasteiger partial charge on any atom is 0.227 e. The van der Waals surface area contributed by atoms with Crippen molar-refractivity contribution in [3.8, 4) is 5.75 Å². The summed E-state index contributed by atoms with van der Waals surface area (Å²) < 4.78 is 10.7. The molecule has 7 heteroatoms. The molecule has 0 saturated carbocycles. The number of carbonyl (C=O) groups is 2. The molecule has 1 aliphatic heterocycles. The minimum absolute atomic E-state index is 0.0560. The zero-order chi connectivity index (χ0) is 18.5. The van der Waals surface area contributed by atoms with Crippen LogP contribution in [0, 0.1) is 5.92 Å².